The summed E-state index contributed by atoms with van der Waals surface area (Å²) in [5.74, 6) is -0.741. The number of rotatable bonds is 7. The van der Waals surface area contributed by atoms with Crippen molar-refractivity contribution in [3.8, 4) is 0 Å². The van der Waals surface area contributed by atoms with Crippen molar-refractivity contribution in [2.24, 2.45) is 0 Å². The van der Waals surface area contributed by atoms with Gasteiger partial charge in [-0.15, -0.1) is 0 Å². The van der Waals surface area contributed by atoms with Gasteiger partial charge >= 0.3 is 12.1 Å². The van der Waals surface area contributed by atoms with Crippen molar-refractivity contribution in [1.29, 1.82) is 0 Å². The number of halogens is 3. The van der Waals surface area contributed by atoms with Crippen LogP contribution in [0.5, 0.6) is 0 Å². The largest absolute Gasteiger partial charge is 0.465 e. The molecule has 0 aliphatic carbocycles. The predicted octanol–water partition coefficient (Wildman–Crippen LogP) is 2.05. The highest BCUT2D eigenvalue weighted by Gasteiger charge is 2.32. The molecule has 114 valence electrons. The number of hydrogen-bond acceptors (Lipinski definition) is 4. The average Bonchev–Trinajstić information content (AvgIpc) is 2.77. The van der Waals surface area contributed by atoms with E-state index in [1.54, 1.807) is 11.5 Å². The Balaban J connectivity index is 2.91. The standard InChI is InChI=1S/C12H18F3N3O2/c1-3-5-18-8-16-6-9(18)10(11(19)20-4-2)17-7-12(13,14)15/h6,8,10,17H,3-5,7H2,1-2H3. The predicted molar refractivity (Wildman–Crippen MR) is 65.9 cm³/mol. The van der Waals surface area contributed by atoms with Gasteiger partial charge in [-0.3, -0.25) is 5.32 Å². The summed E-state index contributed by atoms with van der Waals surface area (Å²) in [4.78, 5) is 15.7. The Morgan fingerprint density at radius 2 is 2.20 bits per heavy atom. The molecule has 0 saturated carbocycles. The Kier molecular flexibility index (Phi) is 6.00. The van der Waals surface area contributed by atoms with E-state index in [0.717, 1.165) is 6.42 Å². The van der Waals surface area contributed by atoms with Crippen LogP contribution in [0, 0.1) is 0 Å². The molecule has 1 N–H and O–H groups in total. The number of aromatic nitrogens is 2. The van der Waals surface area contributed by atoms with Gasteiger partial charge in [-0.05, 0) is 13.3 Å². The quantitative estimate of drug-likeness (QED) is 0.782. The maximum Gasteiger partial charge on any atom is 0.401 e. The van der Waals surface area contributed by atoms with Crippen LogP contribution in [0.2, 0.25) is 0 Å². The van der Waals surface area contributed by atoms with E-state index in [2.05, 4.69) is 10.3 Å². The van der Waals surface area contributed by atoms with Gasteiger partial charge < -0.3 is 9.30 Å². The molecule has 5 nitrogen and oxygen atoms in total. The average molecular weight is 293 g/mol. The molecule has 0 spiro atoms. The number of alkyl halides is 3. The zero-order valence-corrected chi connectivity index (χ0v) is 11.4. The maximum absolute atomic E-state index is 12.3. The minimum absolute atomic E-state index is 0.102. The number of carbonyl (C=O) groups is 1. The van der Waals surface area contributed by atoms with Gasteiger partial charge in [0.05, 0.1) is 31.4 Å². The molecule has 0 radical (unpaired) electrons. The van der Waals surface area contributed by atoms with Crippen LogP contribution >= 0.6 is 0 Å². The Bertz CT molecular complexity index is 432. The fourth-order valence-electron chi connectivity index (χ4n) is 1.75. The topological polar surface area (TPSA) is 56.2 Å². The molecule has 1 aromatic rings. The summed E-state index contributed by atoms with van der Waals surface area (Å²) in [5.41, 5.74) is 0.370. The molecule has 0 fully saturated rings. The number of hydrogen-bond donors (Lipinski definition) is 1. The summed E-state index contributed by atoms with van der Waals surface area (Å²) in [5, 5.41) is 2.19. The van der Waals surface area contributed by atoms with E-state index >= 15 is 0 Å². The lowest BCUT2D eigenvalue weighted by atomic mass is 10.2. The lowest BCUT2D eigenvalue weighted by Crippen LogP contribution is -2.38. The molecule has 20 heavy (non-hydrogen) atoms. The van der Waals surface area contributed by atoms with E-state index in [-0.39, 0.29) is 6.61 Å². The molecule has 0 aliphatic rings. The van der Waals surface area contributed by atoms with Crippen molar-refractivity contribution < 1.29 is 22.7 Å². The third-order valence-corrected chi connectivity index (χ3v) is 2.53. The third-order valence-electron chi connectivity index (χ3n) is 2.53. The first kappa shape index (κ1) is 16.5. The Hall–Kier alpha value is -1.57. The summed E-state index contributed by atoms with van der Waals surface area (Å²) in [6.45, 7) is 2.92. The molecule has 1 aromatic heterocycles. The zero-order valence-electron chi connectivity index (χ0n) is 11.4. The summed E-state index contributed by atoms with van der Waals surface area (Å²) in [6.07, 6.45) is -0.764. The second kappa shape index (κ2) is 7.28. The summed E-state index contributed by atoms with van der Waals surface area (Å²) < 4.78 is 43.4. The van der Waals surface area contributed by atoms with E-state index < -0.39 is 24.7 Å². The lowest BCUT2D eigenvalue weighted by molar-refractivity contribution is -0.149. The lowest BCUT2D eigenvalue weighted by Gasteiger charge is -2.19. The van der Waals surface area contributed by atoms with Crippen LogP contribution < -0.4 is 5.32 Å². The molecular formula is C12H18F3N3O2. The van der Waals surface area contributed by atoms with Crippen molar-refractivity contribution in [3.05, 3.63) is 18.2 Å². The monoisotopic (exact) mass is 293 g/mol. The molecule has 1 atom stereocenters. The number of imidazole rings is 1. The second-order valence-corrected chi connectivity index (χ2v) is 4.19. The van der Waals surface area contributed by atoms with Crippen molar-refractivity contribution >= 4 is 5.97 Å². The van der Waals surface area contributed by atoms with Crippen molar-refractivity contribution in [2.75, 3.05) is 13.2 Å². The molecule has 0 aromatic carbocycles. The van der Waals surface area contributed by atoms with Gasteiger partial charge in [0.1, 0.15) is 6.04 Å². The molecule has 0 saturated heterocycles. The highest BCUT2D eigenvalue weighted by atomic mass is 19.4. The summed E-state index contributed by atoms with van der Waals surface area (Å²) in [7, 11) is 0. The van der Waals surface area contributed by atoms with Crippen molar-refractivity contribution in [2.45, 2.75) is 39.0 Å². The van der Waals surface area contributed by atoms with Crippen LogP contribution in [0.4, 0.5) is 13.2 Å². The first-order valence-corrected chi connectivity index (χ1v) is 6.35. The Labute approximate surface area is 115 Å². The number of ether oxygens (including phenoxy) is 1. The van der Waals surface area contributed by atoms with Gasteiger partial charge in [0.25, 0.3) is 0 Å². The SMILES string of the molecule is CCCn1cncc1C(NCC(F)(F)F)C(=O)OCC. The van der Waals surface area contributed by atoms with Gasteiger partial charge in [0, 0.05) is 6.54 Å². The Morgan fingerprint density at radius 1 is 1.50 bits per heavy atom. The van der Waals surface area contributed by atoms with Crippen LogP contribution in [-0.2, 0) is 16.1 Å². The normalized spacial score (nSPS) is 13.2. The minimum Gasteiger partial charge on any atom is -0.465 e. The van der Waals surface area contributed by atoms with Crippen molar-refractivity contribution in [1.82, 2.24) is 14.9 Å². The summed E-state index contributed by atoms with van der Waals surface area (Å²) in [6, 6.07) is -1.18. The number of carbonyl (C=O) groups excluding carboxylic acids is 1. The van der Waals surface area contributed by atoms with Crippen molar-refractivity contribution in [3.63, 3.8) is 0 Å². The van der Waals surface area contributed by atoms with E-state index in [4.69, 9.17) is 4.74 Å². The molecule has 0 bridgehead atoms. The fraction of sp³-hybridized carbons (Fsp3) is 0.667. The van der Waals surface area contributed by atoms with E-state index in [1.165, 1.54) is 12.5 Å². The van der Waals surface area contributed by atoms with Gasteiger partial charge in [0.15, 0.2) is 0 Å². The zero-order chi connectivity index (χ0) is 15.2. The fourth-order valence-corrected chi connectivity index (χ4v) is 1.75. The molecule has 1 heterocycles. The molecule has 0 aliphatic heterocycles. The number of nitrogens with zero attached hydrogens (tertiary/aromatic N) is 2. The second-order valence-electron chi connectivity index (χ2n) is 4.19. The first-order chi connectivity index (χ1) is 9.39. The van der Waals surface area contributed by atoms with Crippen LogP contribution in [0.1, 0.15) is 32.0 Å². The minimum atomic E-state index is -4.40. The molecule has 1 rings (SSSR count). The molecule has 1 unspecified atom stereocenters. The number of aryl methyl sites for hydroxylation is 1. The van der Waals surface area contributed by atoms with Gasteiger partial charge in [0.2, 0.25) is 0 Å². The molecular weight excluding hydrogens is 275 g/mol. The van der Waals surface area contributed by atoms with Crippen LogP contribution in [-0.4, -0.2) is 34.8 Å². The highest BCUT2D eigenvalue weighted by Crippen LogP contribution is 2.19. The van der Waals surface area contributed by atoms with Gasteiger partial charge in [-0.1, -0.05) is 6.92 Å². The van der Waals surface area contributed by atoms with Gasteiger partial charge in [-0.25, -0.2) is 9.78 Å². The summed E-state index contributed by atoms with van der Waals surface area (Å²) >= 11 is 0. The molecule has 8 heteroatoms. The smallest absolute Gasteiger partial charge is 0.401 e. The molecule has 0 amide bonds. The van der Waals surface area contributed by atoms with Crippen LogP contribution in [0.25, 0.3) is 0 Å². The Morgan fingerprint density at radius 3 is 2.75 bits per heavy atom. The maximum atomic E-state index is 12.3. The third kappa shape index (κ3) is 4.84. The van der Waals surface area contributed by atoms with Gasteiger partial charge in [-0.2, -0.15) is 13.2 Å². The van der Waals surface area contributed by atoms with Crippen LogP contribution in [0.15, 0.2) is 12.5 Å². The van der Waals surface area contributed by atoms with Crippen LogP contribution in [0.3, 0.4) is 0 Å². The van der Waals surface area contributed by atoms with E-state index in [9.17, 15) is 18.0 Å². The number of esters is 1. The van der Waals surface area contributed by atoms with E-state index in [1.807, 2.05) is 6.92 Å². The number of nitrogens with one attached hydrogen (secondary N) is 1. The first-order valence-electron chi connectivity index (χ1n) is 6.35. The highest BCUT2D eigenvalue weighted by molar-refractivity contribution is 5.77. The van der Waals surface area contributed by atoms with E-state index in [0.29, 0.717) is 12.2 Å².